The Bertz CT molecular complexity index is 591. The van der Waals surface area contributed by atoms with Crippen molar-refractivity contribution in [3.05, 3.63) is 12.7 Å². The summed E-state index contributed by atoms with van der Waals surface area (Å²) in [4.78, 5) is 12.8. The van der Waals surface area contributed by atoms with Crippen LogP contribution >= 0.6 is 0 Å². The summed E-state index contributed by atoms with van der Waals surface area (Å²) in [5.74, 6) is 6.86. The largest absolute Gasteiger partial charge is 0.303 e. The fraction of sp³-hybridized carbons (Fsp3) is 0.417. The fourth-order valence-electron chi connectivity index (χ4n) is 1.60. The van der Waals surface area contributed by atoms with E-state index in [2.05, 4.69) is 32.2 Å². The van der Waals surface area contributed by atoms with E-state index >= 15 is 0 Å². The molecule has 0 aliphatic rings. The molecule has 2 heterocycles. The molecule has 0 aliphatic heterocycles. The molecule has 2 aromatic heterocycles. The Hall–Kier alpha value is -2.13. The molecule has 0 aliphatic carbocycles. The maximum Gasteiger partial charge on any atom is 0.174 e. The zero-order valence-corrected chi connectivity index (χ0v) is 10.8. The van der Waals surface area contributed by atoms with Gasteiger partial charge in [0.05, 0.1) is 12.9 Å². The third-order valence-corrected chi connectivity index (χ3v) is 2.59. The molecule has 0 unspecified atom stereocenters. The van der Waals surface area contributed by atoms with Crippen molar-refractivity contribution in [3.8, 4) is 11.8 Å². The number of nitrogens with one attached hydrogen (secondary N) is 1. The second kappa shape index (κ2) is 5.47. The summed E-state index contributed by atoms with van der Waals surface area (Å²) in [6.07, 6.45) is 4.14. The van der Waals surface area contributed by atoms with Gasteiger partial charge in [-0.2, -0.15) is 0 Å². The molecule has 0 amide bonds. The highest BCUT2D eigenvalue weighted by atomic mass is 15.5. The van der Waals surface area contributed by atoms with Crippen molar-refractivity contribution in [2.24, 2.45) is 0 Å². The second-order valence-corrected chi connectivity index (χ2v) is 3.73. The summed E-state index contributed by atoms with van der Waals surface area (Å²) in [5.41, 5.74) is 4.57. The molecule has 0 spiro atoms. The van der Waals surface area contributed by atoms with E-state index in [4.69, 9.17) is 0 Å². The fourth-order valence-corrected chi connectivity index (χ4v) is 1.60. The van der Waals surface area contributed by atoms with E-state index < -0.39 is 0 Å². The van der Waals surface area contributed by atoms with Crippen LogP contribution in [0.3, 0.4) is 0 Å². The molecule has 6 nitrogen and oxygen atoms in total. The summed E-state index contributed by atoms with van der Waals surface area (Å²) >= 11 is 0. The molecule has 18 heavy (non-hydrogen) atoms. The first-order chi connectivity index (χ1) is 8.77. The topological polar surface area (TPSA) is 58.9 Å². The van der Waals surface area contributed by atoms with E-state index in [1.54, 1.807) is 11.3 Å². The van der Waals surface area contributed by atoms with Gasteiger partial charge in [0, 0.05) is 20.5 Å². The molecule has 1 N–H and O–H groups in total. The molecule has 0 aromatic carbocycles. The molecule has 0 saturated heterocycles. The normalized spacial score (nSPS) is 10.2. The number of imidazole rings is 1. The molecular formula is C12H16N6. The van der Waals surface area contributed by atoms with E-state index in [1.807, 2.05) is 25.6 Å². The van der Waals surface area contributed by atoms with Crippen molar-refractivity contribution >= 4 is 17.0 Å². The second-order valence-electron chi connectivity index (χ2n) is 3.73. The van der Waals surface area contributed by atoms with E-state index in [0.717, 1.165) is 23.4 Å². The molecule has 94 valence electrons. The average Bonchev–Trinajstić information content (AvgIpc) is 2.81. The lowest BCUT2D eigenvalue weighted by atomic mass is 10.4. The van der Waals surface area contributed by atoms with E-state index in [9.17, 15) is 0 Å². The molecule has 2 rings (SSSR count). The number of rotatable bonds is 3. The Labute approximate surface area is 106 Å². The van der Waals surface area contributed by atoms with Crippen LogP contribution in [-0.4, -0.2) is 33.6 Å². The molecule has 0 bridgehead atoms. The van der Waals surface area contributed by atoms with Crippen LogP contribution in [0.2, 0.25) is 0 Å². The van der Waals surface area contributed by atoms with Gasteiger partial charge in [-0.05, 0) is 0 Å². The molecule has 2 aromatic rings. The summed E-state index contributed by atoms with van der Waals surface area (Å²) in [6, 6.07) is 0. The molecule has 6 heteroatoms. The highest BCUT2D eigenvalue weighted by Crippen LogP contribution is 2.18. The van der Waals surface area contributed by atoms with Gasteiger partial charge in [0.1, 0.15) is 6.33 Å². The van der Waals surface area contributed by atoms with E-state index in [1.165, 1.54) is 6.33 Å². The van der Waals surface area contributed by atoms with Crippen molar-refractivity contribution in [1.82, 2.24) is 24.9 Å². The number of nitrogens with zero attached hydrogens (tertiary/aromatic N) is 5. The third kappa shape index (κ3) is 2.26. The minimum absolute atomic E-state index is 0.601. The summed E-state index contributed by atoms with van der Waals surface area (Å²) in [5, 5.41) is 1.80. The first-order valence-electron chi connectivity index (χ1n) is 5.80. The Morgan fingerprint density at radius 2 is 2.17 bits per heavy atom. The Morgan fingerprint density at radius 1 is 1.33 bits per heavy atom. The van der Waals surface area contributed by atoms with Crippen molar-refractivity contribution < 1.29 is 0 Å². The molecule has 0 saturated carbocycles. The van der Waals surface area contributed by atoms with Crippen LogP contribution < -0.4 is 10.4 Å². The van der Waals surface area contributed by atoms with Crippen LogP contribution in [0, 0.1) is 11.8 Å². The van der Waals surface area contributed by atoms with E-state index in [0.29, 0.717) is 6.54 Å². The van der Waals surface area contributed by atoms with Gasteiger partial charge in [0.2, 0.25) is 0 Å². The first kappa shape index (κ1) is 12.3. The lowest BCUT2D eigenvalue weighted by Gasteiger charge is -2.15. The summed E-state index contributed by atoms with van der Waals surface area (Å²) in [6.45, 7) is 2.63. The van der Waals surface area contributed by atoms with Gasteiger partial charge in [0.15, 0.2) is 17.0 Å². The highest BCUT2D eigenvalue weighted by Gasteiger charge is 2.11. The summed E-state index contributed by atoms with van der Waals surface area (Å²) in [7, 11) is 3.72. The summed E-state index contributed by atoms with van der Waals surface area (Å²) < 4.78 is 1.92. The Kier molecular flexibility index (Phi) is 3.75. The number of hydrogen-bond acceptors (Lipinski definition) is 5. The number of anilines is 1. The van der Waals surface area contributed by atoms with Gasteiger partial charge in [-0.1, -0.05) is 12.8 Å². The van der Waals surface area contributed by atoms with Gasteiger partial charge < -0.3 is 4.57 Å². The van der Waals surface area contributed by atoms with Gasteiger partial charge in [-0.3, -0.25) is 5.01 Å². The number of hydrazine groups is 1. The zero-order chi connectivity index (χ0) is 13.0. The lowest BCUT2D eigenvalue weighted by Crippen LogP contribution is -2.31. The van der Waals surface area contributed by atoms with Crippen LogP contribution in [0.1, 0.15) is 13.3 Å². The number of fused-ring (bicyclic) bond motifs is 1. The first-order valence-corrected chi connectivity index (χ1v) is 5.80. The maximum absolute atomic E-state index is 4.35. The van der Waals surface area contributed by atoms with Gasteiger partial charge >= 0.3 is 0 Å². The minimum Gasteiger partial charge on any atom is -0.303 e. The van der Waals surface area contributed by atoms with Crippen LogP contribution in [0.25, 0.3) is 11.2 Å². The third-order valence-electron chi connectivity index (χ3n) is 2.59. The van der Waals surface area contributed by atoms with Crippen LogP contribution in [0.5, 0.6) is 0 Å². The zero-order valence-electron chi connectivity index (χ0n) is 10.8. The predicted octanol–water partition coefficient (Wildman–Crippen LogP) is 0.810. The average molecular weight is 244 g/mol. The van der Waals surface area contributed by atoms with Crippen molar-refractivity contribution in [1.29, 1.82) is 0 Å². The Morgan fingerprint density at radius 3 is 2.89 bits per heavy atom. The Balaban J connectivity index is 2.42. The minimum atomic E-state index is 0.601. The van der Waals surface area contributed by atoms with Crippen LogP contribution in [0.4, 0.5) is 5.82 Å². The molecule has 0 atom stereocenters. The van der Waals surface area contributed by atoms with Gasteiger partial charge in [-0.25, -0.2) is 20.4 Å². The monoisotopic (exact) mass is 244 g/mol. The van der Waals surface area contributed by atoms with Crippen molar-refractivity contribution in [2.75, 3.05) is 19.1 Å². The number of aromatic nitrogens is 4. The molecule has 0 radical (unpaired) electrons. The number of hydrogen-bond donors (Lipinski definition) is 1. The lowest BCUT2D eigenvalue weighted by molar-refractivity contribution is 0.777. The van der Waals surface area contributed by atoms with Crippen molar-refractivity contribution in [2.45, 2.75) is 19.9 Å². The predicted molar refractivity (Wildman–Crippen MR) is 70.9 cm³/mol. The highest BCUT2D eigenvalue weighted by molar-refractivity contribution is 5.82. The SMILES string of the molecule is CCC#CCn1cnc2c(N(C)NC)ncnc21. The van der Waals surface area contributed by atoms with E-state index in [-0.39, 0.29) is 0 Å². The van der Waals surface area contributed by atoms with Crippen LogP contribution in [0.15, 0.2) is 12.7 Å². The smallest absolute Gasteiger partial charge is 0.174 e. The van der Waals surface area contributed by atoms with Crippen LogP contribution in [-0.2, 0) is 6.54 Å². The molecular weight excluding hydrogens is 228 g/mol. The quantitative estimate of drug-likeness (QED) is 0.639. The molecule has 0 fully saturated rings. The van der Waals surface area contributed by atoms with Gasteiger partial charge in [0.25, 0.3) is 0 Å². The van der Waals surface area contributed by atoms with Crippen molar-refractivity contribution in [3.63, 3.8) is 0 Å². The van der Waals surface area contributed by atoms with Gasteiger partial charge in [-0.15, -0.1) is 5.92 Å². The standard InChI is InChI=1S/C12H16N6/c1-4-5-6-7-18-9-16-10-11(17(3)13-2)14-8-15-12(10)18/h8-9,13H,4,7H2,1-3H3. The maximum atomic E-state index is 4.35.